The molecular formula is C21H24N2O4. The minimum atomic E-state index is -0.412. The number of rotatable bonds is 6. The number of benzene rings is 2. The van der Waals surface area contributed by atoms with Gasteiger partial charge in [0.25, 0.3) is 5.91 Å². The van der Waals surface area contributed by atoms with Gasteiger partial charge < -0.3 is 20.1 Å². The Bertz CT molecular complexity index is 867. The lowest BCUT2D eigenvalue weighted by Crippen LogP contribution is -2.29. The van der Waals surface area contributed by atoms with E-state index in [1.165, 1.54) is 14.0 Å². The number of hydrogen-bond donors (Lipinski definition) is 2. The van der Waals surface area contributed by atoms with Crippen molar-refractivity contribution in [3.63, 3.8) is 0 Å². The zero-order valence-corrected chi connectivity index (χ0v) is 16.2. The zero-order valence-electron chi connectivity index (χ0n) is 16.2. The van der Waals surface area contributed by atoms with Gasteiger partial charge in [-0.1, -0.05) is 12.1 Å². The molecule has 27 heavy (non-hydrogen) atoms. The van der Waals surface area contributed by atoms with Crippen molar-refractivity contribution in [2.45, 2.75) is 20.8 Å². The Hall–Kier alpha value is -3.28. The molecule has 0 aliphatic carbocycles. The quantitative estimate of drug-likeness (QED) is 0.766. The highest BCUT2D eigenvalue weighted by Crippen LogP contribution is 2.28. The Balaban J connectivity index is 2.34. The van der Waals surface area contributed by atoms with Crippen molar-refractivity contribution in [2.24, 2.45) is 0 Å². The molecule has 0 heterocycles. The van der Waals surface area contributed by atoms with Gasteiger partial charge >= 0.3 is 0 Å². The average Bonchev–Trinajstić information content (AvgIpc) is 2.59. The van der Waals surface area contributed by atoms with Gasteiger partial charge in [0, 0.05) is 12.6 Å². The maximum Gasteiger partial charge on any atom is 0.272 e. The fourth-order valence-corrected chi connectivity index (χ4v) is 2.70. The van der Waals surface area contributed by atoms with E-state index in [1.54, 1.807) is 31.4 Å². The molecule has 142 valence electrons. The van der Waals surface area contributed by atoms with Crippen LogP contribution in [0.3, 0.4) is 0 Å². The molecule has 2 amide bonds. The first-order valence-corrected chi connectivity index (χ1v) is 8.43. The van der Waals surface area contributed by atoms with Gasteiger partial charge in [0.15, 0.2) is 11.5 Å². The lowest BCUT2D eigenvalue weighted by Gasteiger charge is -2.12. The fraction of sp³-hybridized carbons (Fsp3) is 0.238. The van der Waals surface area contributed by atoms with E-state index in [-0.39, 0.29) is 11.6 Å². The highest BCUT2D eigenvalue weighted by atomic mass is 16.5. The SMILES string of the molecule is COc1ccc(C=C(NC(C)=O)C(=O)Nc2cc(C)cc(C)c2)cc1OC. The van der Waals surface area contributed by atoms with Crippen molar-refractivity contribution < 1.29 is 19.1 Å². The van der Waals surface area contributed by atoms with Gasteiger partial charge in [0.2, 0.25) is 5.91 Å². The number of anilines is 1. The predicted molar refractivity (Wildman–Crippen MR) is 106 cm³/mol. The van der Waals surface area contributed by atoms with E-state index < -0.39 is 5.91 Å². The van der Waals surface area contributed by atoms with Gasteiger partial charge in [-0.25, -0.2) is 0 Å². The summed E-state index contributed by atoms with van der Waals surface area (Å²) in [4.78, 5) is 24.3. The summed E-state index contributed by atoms with van der Waals surface area (Å²) >= 11 is 0. The Morgan fingerprint density at radius 2 is 1.56 bits per heavy atom. The molecule has 0 atom stereocenters. The van der Waals surface area contributed by atoms with E-state index >= 15 is 0 Å². The molecular weight excluding hydrogens is 344 g/mol. The number of carbonyl (C=O) groups is 2. The Morgan fingerprint density at radius 3 is 2.11 bits per heavy atom. The van der Waals surface area contributed by atoms with Crippen molar-refractivity contribution in [2.75, 3.05) is 19.5 Å². The summed E-state index contributed by atoms with van der Waals surface area (Å²) < 4.78 is 10.5. The van der Waals surface area contributed by atoms with Crippen LogP contribution in [0.2, 0.25) is 0 Å². The standard InChI is InChI=1S/C21H24N2O4/c1-13-8-14(2)10-17(9-13)23-21(25)18(22-15(3)24)11-16-6-7-19(26-4)20(12-16)27-5/h6-12H,1-5H3,(H,22,24)(H,23,25). The number of hydrogen-bond acceptors (Lipinski definition) is 4. The van der Waals surface area contributed by atoms with Crippen molar-refractivity contribution in [3.05, 3.63) is 58.8 Å². The first kappa shape index (κ1) is 20.0. The van der Waals surface area contributed by atoms with Crippen LogP contribution in [0.15, 0.2) is 42.1 Å². The van der Waals surface area contributed by atoms with Gasteiger partial charge in [-0.05, 0) is 60.9 Å². The molecule has 0 fully saturated rings. The van der Waals surface area contributed by atoms with Crippen LogP contribution in [-0.2, 0) is 9.59 Å². The van der Waals surface area contributed by atoms with Crippen LogP contribution in [0.1, 0.15) is 23.6 Å². The number of ether oxygens (including phenoxy) is 2. The zero-order chi connectivity index (χ0) is 20.0. The van der Waals surface area contributed by atoms with Gasteiger partial charge in [0.1, 0.15) is 5.70 Å². The molecule has 0 saturated carbocycles. The summed E-state index contributed by atoms with van der Waals surface area (Å²) in [5.74, 6) is 0.362. The number of amides is 2. The molecule has 0 saturated heterocycles. The van der Waals surface area contributed by atoms with Crippen LogP contribution in [0, 0.1) is 13.8 Å². The maximum atomic E-state index is 12.7. The van der Waals surface area contributed by atoms with Gasteiger partial charge in [-0.2, -0.15) is 0 Å². The van der Waals surface area contributed by atoms with Crippen LogP contribution < -0.4 is 20.1 Å². The predicted octanol–water partition coefficient (Wildman–Crippen LogP) is 3.44. The largest absolute Gasteiger partial charge is 0.493 e. The number of carbonyl (C=O) groups excluding carboxylic acids is 2. The molecule has 6 heteroatoms. The van der Waals surface area contributed by atoms with Crippen molar-refractivity contribution >= 4 is 23.6 Å². The Labute approximate surface area is 159 Å². The highest BCUT2D eigenvalue weighted by Gasteiger charge is 2.13. The first-order valence-electron chi connectivity index (χ1n) is 8.43. The molecule has 6 nitrogen and oxygen atoms in total. The third-order valence-electron chi connectivity index (χ3n) is 3.75. The lowest BCUT2D eigenvalue weighted by atomic mass is 10.1. The van der Waals surface area contributed by atoms with Gasteiger partial charge in [-0.15, -0.1) is 0 Å². The van der Waals surface area contributed by atoms with E-state index in [0.29, 0.717) is 22.7 Å². The van der Waals surface area contributed by atoms with E-state index in [1.807, 2.05) is 32.0 Å². The fourth-order valence-electron chi connectivity index (χ4n) is 2.70. The molecule has 0 radical (unpaired) electrons. The average molecular weight is 368 g/mol. The van der Waals surface area contributed by atoms with E-state index in [9.17, 15) is 9.59 Å². The molecule has 2 aromatic rings. The summed E-state index contributed by atoms with van der Waals surface area (Å²) in [7, 11) is 3.08. The second kappa shape index (κ2) is 8.89. The van der Waals surface area contributed by atoms with E-state index in [2.05, 4.69) is 10.6 Å². The number of methoxy groups -OCH3 is 2. The lowest BCUT2D eigenvalue weighted by molar-refractivity contribution is -0.120. The molecule has 2 aromatic carbocycles. The summed E-state index contributed by atoms with van der Waals surface area (Å²) in [6.07, 6.45) is 1.58. The van der Waals surface area contributed by atoms with E-state index in [0.717, 1.165) is 11.1 Å². The molecule has 0 unspecified atom stereocenters. The second-order valence-electron chi connectivity index (χ2n) is 6.18. The summed E-state index contributed by atoms with van der Waals surface area (Å²) in [6, 6.07) is 11.0. The normalized spacial score (nSPS) is 10.9. The second-order valence-corrected chi connectivity index (χ2v) is 6.18. The summed E-state index contributed by atoms with van der Waals surface area (Å²) in [5, 5.41) is 5.40. The van der Waals surface area contributed by atoms with Crippen LogP contribution >= 0.6 is 0 Å². The van der Waals surface area contributed by atoms with Crippen molar-refractivity contribution in [1.82, 2.24) is 5.32 Å². The van der Waals surface area contributed by atoms with E-state index in [4.69, 9.17) is 9.47 Å². The van der Waals surface area contributed by atoms with Crippen LogP contribution in [0.4, 0.5) is 5.69 Å². The Kier molecular flexibility index (Phi) is 6.60. The van der Waals surface area contributed by atoms with Gasteiger partial charge in [-0.3, -0.25) is 9.59 Å². The topological polar surface area (TPSA) is 76.7 Å². The molecule has 0 aliphatic rings. The maximum absolute atomic E-state index is 12.7. The monoisotopic (exact) mass is 368 g/mol. The minimum Gasteiger partial charge on any atom is -0.493 e. The van der Waals surface area contributed by atoms with Crippen LogP contribution in [0.5, 0.6) is 11.5 Å². The summed E-state index contributed by atoms with van der Waals surface area (Å²) in [5.41, 5.74) is 3.56. The molecule has 0 bridgehead atoms. The smallest absolute Gasteiger partial charge is 0.272 e. The molecule has 2 rings (SSSR count). The third-order valence-corrected chi connectivity index (χ3v) is 3.75. The molecule has 0 aromatic heterocycles. The number of aryl methyl sites for hydroxylation is 2. The van der Waals surface area contributed by atoms with Crippen LogP contribution in [-0.4, -0.2) is 26.0 Å². The minimum absolute atomic E-state index is 0.133. The molecule has 0 spiro atoms. The highest BCUT2D eigenvalue weighted by molar-refractivity contribution is 6.08. The molecule has 0 aliphatic heterocycles. The van der Waals surface area contributed by atoms with Gasteiger partial charge in [0.05, 0.1) is 14.2 Å². The Morgan fingerprint density at radius 1 is 0.926 bits per heavy atom. The molecule has 2 N–H and O–H groups in total. The third kappa shape index (κ3) is 5.60. The van der Waals surface area contributed by atoms with Crippen LogP contribution in [0.25, 0.3) is 6.08 Å². The summed E-state index contributed by atoms with van der Waals surface area (Å²) in [6.45, 7) is 5.26. The van der Waals surface area contributed by atoms with Crippen molar-refractivity contribution in [3.8, 4) is 11.5 Å². The first-order chi connectivity index (χ1) is 12.8. The van der Waals surface area contributed by atoms with Crippen molar-refractivity contribution in [1.29, 1.82) is 0 Å². The number of nitrogens with one attached hydrogen (secondary N) is 2.